The van der Waals surface area contributed by atoms with Gasteiger partial charge in [0.05, 0.1) is 25.2 Å². The third-order valence-electron chi connectivity index (χ3n) is 3.94. The van der Waals surface area contributed by atoms with Crippen molar-refractivity contribution in [1.82, 2.24) is 0 Å². The van der Waals surface area contributed by atoms with Gasteiger partial charge in [0.2, 0.25) is 0 Å². The van der Waals surface area contributed by atoms with Crippen molar-refractivity contribution in [2.45, 2.75) is 31.9 Å². The molecule has 0 radical (unpaired) electrons. The summed E-state index contributed by atoms with van der Waals surface area (Å²) in [5.41, 5.74) is 0.217. The number of hydrogen-bond acceptors (Lipinski definition) is 3. The first-order valence-corrected chi connectivity index (χ1v) is 8.50. The molecule has 1 atom stereocenters. The lowest BCUT2D eigenvalue weighted by Crippen LogP contribution is -2.06. The molecule has 2 aromatic rings. The molecule has 4 nitrogen and oxygen atoms in total. The van der Waals surface area contributed by atoms with Gasteiger partial charge in [0, 0.05) is 6.42 Å². The van der Waals surface area contributed by atoms with Crippen LogP contribution in [0.1, 0.15) is 36.8 Å². The van der Waals surface area contributed by atoms with Gasteiger partial charge in [-0.1, -0.05) is 19.1 Å². The van der Waals surface area contributed by atoms with Crippen molar-refractivity contribution in [3.8, 4) is 11.5 Å². The molecule has 0 aliphatic rings. The van der Waals surface area contributed by atoms with Crippen molar-refractivity contribution in [3.63, 3.8) is 0 Å². The minimum atomic E-state index is -4.35. The molecule has 0 bridgehead atoms. The summed E-state index contributed by atoms with van der Waals surface area (Å²) < 4.78 is 48.4. The van der Waals surface area contributed by atoms with Crippen LogP contribution in [-0.4, -0.2) is 24.3 Å². The molecule has 1 N–H and O–H groups in total. The fourth-order valence-electron chi connectivity index (χ4n) is 2.45. The zero-order valence-electron chi connectivity index (χ0n) is 14.8. The van der Waals surface area contributed by atoms with Crippen LogP contribution in [0.25, 0.3) is 0 Å². The lowest BCUT2D eigenvalue weighted by atomic mass is 9.98. The Morgan fingerprint density at radius 2 is 1.44 bits per heavy atom. The van der Waals surface area contributed by atoms with Gasteiger partial charge in [-0.25, -0.2) is 0 Å². The summed E-state index contributed by atoms with van der Waals surface area (Å²) in [5, 5.41) is 8.81. The van der Waals surface area contributed by atoms with Crippen LogP contribution in [-0.2, 0) is 11.0 Å². The highest BCUT2D eigenvalue weighted by Gasteiger charge is 2.29. The summed E-state index contributed by atoms with van der Waals surface area (Å²) in [4.78, 5) is 10.7. The maximum Gasteiger partial charge on any atom is 0.416 e. The fourth-order valence-corrected chi connectivity index (χ4v) is 2.45. The van der Waals surface area contributed by atoms with E-state index in [0.29, 0.717) is 31.1 Å². The Morgan fingerprint density at radius 1 is 0.963 bits per heavy atom. The first-order chi connectivity index (χ1) is 12.8. The highest BCUT2D eigenvalue weighted by Crippen LogP contribution is 2.30. The van der Waals surface area contributed by atoms with Crippen molar-refractivity contribution >= 4 is 5.97 Å². The Balaban J connectivity index is 1.70. The second-order valence-corrected chi connectivity index (χ2v) is 6.14. The molecule has 0 amide bonds. The minimum absolute atomic E-state index is 0.0709. The first kappa shape index (κ1) is 20.6. The molecule has 0 fully saturated rings. The highest BCUT2D eigenvalue weighted by atomic mass is 19.4. The molecule has 0 aliphatic heterocycles. The molecule has 0 spiro atoms. The molecule has 2 aromatic carbocycles. The third-order valence-corrected chi connectivity index (χ3v) is 3.94. The lowest BCUT2D eigenvalue weighted by Gasteiger charge is -2.11. The predicted octanol–water partition coefficient (Wildman–Crippen LogP) is 5.13. The van der Waals surface area contributed by atoms with Crippen molar-refractivity contribution in [2.75, 3.05) is 13.2 Å². The lowest BCUT2D eigenvalue weighted by molar-refractivity contribution is -0.138. The average Bonchev–Trinajstić information content (AvgIpc) is 2.61. The number of carbonyl (C=O) groups is 1. The molecule has 0 saturated carbocycles. The standard InChI is InChI=1S/C20H21F3O4/c1-14(13-19(24)25)15-3-7-17(8-4-15)26-11-2-12-27-18-9-5-16(6-10-18)20(21,22)23/h3-10,14H,2,11-13H2,1H3,(H,24,25). The highest BCUT2D eigenvalue weighted by molar-refractivity contribution is 5.67. The number of halogens is 3. The van der Waals surface area contributed by atoms with E-state index < -0.39 is 17.7 Å². The molecule has 2 rings (SSSR count). The molecule has 0 aliphatic carbocycles. The second-order valence-electron chi connectivity index (χ2n) is 6.14. The van der Waals surface area contributed by atoms with Gasteiger partial charge in [-0.3, -0.25) is 4.79 Å². The monoisotopic (exact) mass is 382 g/mol. The number of aliphatic carboxylic acids is 1. The van der Waals surface area contributed by atoms with Crippen LogP contribution in [0.3, 0.4) is 0 Å². The number of benzene rings is 2. The van der Waals surface area contributed by atoms with Gasteiger partial charge in [0.15, 0.2) is 0 Å². The Hall–Kier alpha value is -2.70. The van der Waals surface area contributed by atoms with E-state index in [4.69, 9.17) is 14.6 Å². The number of rotatable bonds is 9. The van der Waals surface area contributed by atoms with Crippen LogP contribution in [0, 0.1) is 0 Å². The van der Waals surface area contributed by atoms with E-state index in [0.717, 1.165) is 17.7 Å². The van der Waals surface area contributed by atoms with Gasteiger partial charge in [-0.15, -0.1) is 0 Å². The van der Waals surface area contributed by atoms with Gasteiger partial charge in [0.1, 0.15) is 11.5 Å². The maximum atomic E-state index is 12.5. The van der Waals surface area contributed by atoms with E-state index >= 15 is 0 Å². The second kappa shape index (κ2) is 9.30. The number of ether oxygens (including phenoxy) is 2. The van der Waals surface area contributed by atoms with Gasteiger partial charge in [-0.2, -0.15) is 13.2 Å². The van der Waals surface area contributed by atoms with Crippen LogP contribution in [0.5, 0.6) is 11.5 Å². The summed E-state index contributed by atoms with van der Waals surface area (Å²) in [6.45, 7) is 2.56. The fraction of sp³-hybridized carbons (Fsp3) is 0.350. The minimum Gasteiger partial charge on any atom is -0.493 e. The molecule has 1 unspecified atom stereocenters. The smallest absolute Gasteiger partial charge is 0.416 e. The molecule has 146 valence electrons. The Kier molecular flexibility index (Phi) is 7.10. The Morgan fingerprint density at radius 3 is 1.89 bits per heavy atom. The Bertz CT molecular complexity index is 724. The van der Waals surface area contributed by atoms with Gasteiger partial charge >= 0.3 is 12.1 Å². The quantitative estimate of drug-likeness (QED) is 0.611. The average molecular weight is 382 g/mol. The van der Waals surface area contributed by atoms with Crippen LogP contribution < -0.4 is 9.47 Å². The molecule has 27 heavy (non-hydrogen) atoms. The summed E-state index contributed by atoms with van der Waals surface area (Å²) in [5.74, 6) is 0.125. The molecule has 0 aromatic heterocycles. The molecular formula is C20H21F3O4. The van der Waals surface area contributed by atoms with Crippen LogP contribution in [0.4, 0.5) is 13.2 Å². The first-order valence-electron chi connectivity index (χ1n) is 8.50. The number of alkyl halides is 3. The largest absolute Gasteiger partial charge is 0.493 e. The van der Waals surface area contributed by atoms with E-state index in [9.17, 15) is 18.0 Å². The van der Waals surface area contributed by atoms with Gasteiger partial charge < -0.3 is 14.6 Å². The van der Waals surface area contributed by atoms with Crippen LogP contribution >= 0.6 is 0 Å². The molecule has 0 saturated heterocycles. The number of carboxylic acid groups (broad SMARTS) is 1. The van der Waals surface area contributed by atoms with Crippen molar-refractivity contribution in [1.29, 1.82) is 0 Å². The number of hydrogen-bond donors (Lipinski definition) is 1. The van der Waals surface area contributed by atoms with E-state index in [-0.39, 0.29) is 12.3 Å². The third kappa shape index (κ3) is 6.84. The summed E-state index contributed by atoms with van der Waals surface area (Å²) >= 11 is 0. The van der Waals surface area contributed by atoms with Crippen LogP contribution in [0.2, 0.25) is 0 Å². The SMILES string of the molecule is CC(CC(=O)O)c1ccc(OCCCOc2ccc(C(F)(F)F)cc2)cc1. The van der Waals surface area contributed by atoms with Gasteiger partial charge in [0.25, 0.3) is 0 Å². The zero-order chi connectivity index (χ0) is 19.9. The summed E-state index contributed by atoms with van der Waals surface area (Å²) in [7, 11) is 0. The van der Waals surface area contributed by atoms with Crippen molar-refractivity contribution < 1.29 is 32.5 Å². The number of carboxylic acids is 1. The van der Waals surface area contributed by atoms with Crippen molar-refractivity contribution in [2.24, 2.45) is 0 Å². The zero-order valence-corrected chi connectivity index (χ0v) is 14.8. The summed E-state index contributed by atoms with van der Waals surface area (Å²) in [6, 6.07) is 11.8. The topological polar surface area (TPSA) is 55.8 Å². The molecule has 7 heteroatoms. The normalized spacial score (nSPS) is 12.4. The Labute approximate surface area is 155 Å². The summed E-state index contributed by atoms with van der Waals surface area (Å²) in [6.07, 6.45) is -3.72. The predicted molar refractivity (Wildman–Crippen MR) is 94.2 cm³/mol. The van der Waals surface area contributed by atoms with E-state index in [1.807, 2.05) is 19.1 Å². The maximum absolute atomic E-state index is 12.5. The van der Waals surface area contributed by atoms with Gasteiger partial charge in [-0.05, 0) is 47.9 Å². The van der Waals surface area contributed by atoms with Crippen molar-refractivity contribution in [3.05, 3.63) is 59.7 Å². The van der Waals surface area contributed by atoms with E-state index in [1.54, 1.807) is 12.1 Å². The van der Waals surface area contributed by atoms with E-state index in [2.05, 4.69) is 0 Å². The molecule has 0 heterocycles. The van der Waals surface area contributed by atoms with Crippen LogP contribution in [0.15, 0.2) is 48.5 Å². The molecular weight excluding hydrogens is 361 g/mol. The van der Waals surface area contributed by atoms with E-state index in [1.165, 1.54) is 12.1 Å².